The predicted molar refractivity (Wildman–Crippen MR) is 75.8 cm³/mol. The van der Waals surface area contributed by atoms with Crippen molar-refractivity contribution in [3.8, 4) is 0 Å². The van der Waals surface area contributed by atoms with Crippen molar-refractivity contribution in [2.75, 3.05) is 31.1 Å². The van der Waals surface area contributed by atoms with Gasteiger partial charge in [0.2, 0.25) is 5.95 Å². The molecule has 2 aromatic rings. The van der Waals surface area contributed by atoms with Crippen molar-refractivity contribution < 1.29 is 17.7 Å². The standard InChI is InChI=1S/C14H16F3N5O/c1-10-8-11(20-23-10)9-21-4-6-22(7-5-21)13-18-3-2-12(19-13)14(15,16)17/h2-3,8H,4-7,9H2,1H3. The number of aryl methyl sites for hydroxylation is 1. The molecule has 0 amide bonds. The van der Waals surface area contributed by atoms with E-state index in [1.54, 1.807) is 4.90 Å². The highest BCUT2D eigenvalue weighted by Crippen LogP contribution is 2.28. The van der Waals surface area contributed by atoms with E-state index >= 15 is 0 Å². The Morgan fingerprint density at radius 1 is 1.22 bits per heavy atom. The van der Waals surface area contributed by atoms with Gasteiger partial charge in [-0.25, -0.2) is 9.97 Å². The molecule has 0 radical (unpaired) electrons. The predicted octanol–water partition coefficient (Wildman–Crippen LogP) is 2.11. The quantitative estimate of drug-likeness (QED) is 0.861. The molecule has 0 aliphatic carbocycles. The lowest BCUT2D eigenvalue weighted by Gasteiger charge is -2.34. The molecule has 3 heterocycles. The van der Waals surface area contributed by atoms with Crippen LogP contribution in [0.4, 0.5) is 19.1 Å². The first-order chi connectivity index (χ1) is 10.9. The molecule has 0 spiro atoms. The second-order valence-corrected chi connectivity index (χ2v) is 5.43. The number of aromatic nitrogens is 3. The Balaban J connectivity index is 1.60. The van der Waals surface area contributed by atoms with Gasteiger partial charge >= 0.3 is 6.18 Å². The maximum absolute atomic E-state index is 12.7. The van der Waals surface area contributed by atoms with Gasteiger partial charge < -0.3 is 9.42 Å². The van der Waals surface area contributed by atoms with Gasteiger partial charge in [0.1, 0.15) is 11.5 Å². The average Bonchev–Trinajstić information content (AvgIpc) is 2.92. The summed E-state index contributed by atoms with van der Waals surface area (Å²) < 4.78 is 43.2. The summed E-state index contributed by atoms with van der Waals surface area (Å²) in [5.41, 5.74) is -0.0609. The van der Waals surface area contributed by atoms with Crippen molar-refractivity contribution in [2.45, 2.75) is 19.6 Å². The van der Waals surface area contributed by atoms with E-state index in [-0.39, 0.29) is 5.95 Å². The van der Waals surface area contributed by atoms with Gasteiger partial charge in [0.15, 0.2) is 0 Å². The summed E-state index contributed by atoms with van der Waals surface area (Å²) in [6, 6.07) is 2.76. The molecule has 9 heteroatoms. The molecule has 0 N–H and O–H groups in total. The van der Waals surface area contributed by atoms with E-state index < -0.39 is 11.9 Å². The lowest BCUT2D eigenvalue weighted by atomic mass is 10.3. The molecule has 0 unspecified atom stereocenters. The van der Waals surface area contributed by atoms with E-state index in [0.717, 1.165) is 23.7 Å². The van der Waals surface area contributed by atoms with Crippen LogP contribution in [0.25, 0.3) is 0 Å². The molecule has 1 saturated heterocycles. The highest BCUT2D eigenvalue weighted by atomic mass is 19.4. The maximum Gasteiger partial charge on any atom is 0.433 e. The van der Waals surface area contributed by atoms with Crippen LogP contribution >= 0.6 is 0 Å². The summed E-state index contributed by atoms with van der Waals surface area (Å²) in [4.78, 5) is 11.5. The number of nitrogens with zero attached hydrogens (tertiary/aromatic N) is 5. The minimum atomic E-state index is -4.45. The largest absolute Gasteiger partial charge is 0.433 e. The van der Waals surface area contributed by atoms with Crippen molar-refractivity contribution in [1.29, 1.82) is 0 Å². The van der Waals surface area contributed by atoms with Gasteiger partial charge in [0.25, 0.3) is 0 Å². The zero-order valence-corrected chi connectivity index (χ0v) is 12.5. The van der Waals surface area contributed by atoms with Crippen LogP contribution in [0.1, 0.15) is 17.1 Å². The maximum atomic E-state index is 12.7. The molecule has 0 aromatic carbocycles. The van der Waals surface area contributed by atoms with Crippen LogP contribution in [-0.4, -0.2) is 46.2 Å². The van der Waals surface area contributed by atoms with Gasteiger partial charge in [0, 0.05) is 45.0 Å². The number of piperazine rings is 1. The van der Waals surface area contributed by atoms with Gasteiger partial charge in [-0.1, -0.05) is 5.16 Å². The van der Waals surface area contributed by atoms with Crippen LogP contribution < -0.4 is 4.90 Å². The van der Waals surface area contributed by atoms with Gasteiger partial charge in [-0.15, -0.1) is 0 Å². The molecule has 2 aromatic heterocycles. The Morgan fingerprint density at radius 3 is 2.57 bits per heavy atom. The summed E-state index contributed by atoms with van der Waals surface area (Å²) in [7, 11) is 0. The molecule has 1 fully saturated rings. The molecule has 6 nitrogen and oxygen atoms in total. The second-order valence-electron chi connectivity index (χ2n) is 5.43. The van der Waals surface area contributed by atoms with Gasteiger partial charge in [0.05, 0.1) is 5.69 Å². The van der Waals surface area contributed by atoms with Gasteiger partial charge in [-0.3, -0.25) is 4.90 Å². The van der Waals surface area contributed by atoms with Gasteiger partial charge in [-0.2, -0.15) is 13.2 Å². The Labute approximate surface area is 130 Å². The van der Waals surface area contributed by atoms with E-state index in [1.165, 1.54) is 0 Å². The number of halogens is 3. The number of hydrogen-bond acceptors (Lipinski definition) is 6. The monoisotopic (exact) mass is 327 g/mol. The topological polar surface area (TPSA) is 58.3 Å². The molecule has 23 heavy (non-hydrogen) atoms. The van der Waals surface area contributed by atoms with Crippen molar-refractivity contribution in [3.05, 3.63) is 35.5 Å². The first-order valence-electron chi connectivity index (χ1n) is 7.21. The van der Waals surface area contributed by atoms with Crippen LogP contribution in [0, 0.1) is 6.92 Å². The fourth-order valence-corrected chi connectivity index (χ4v) is 2.49. The van der Waals surface area contributed by atoms with Crippen LogP contribution in [0.15, 0.2) is 22.9 Å². The van der Waals surface area contributed by atoms with E-state index in [4.69, 9.17) is 4.52 Å². The highest BCUT2D eigenvalue weighted by Gasteiger charge is 2.33. The van der Waals surface area contributed by atoms with Crippen molar-refractivity contribution in [1.82, 2.24) is 20.0 Å². The Hall–Kier alpha value is -2.16. The SMILES string of the molecule is Cc1cc(CN2CCN(c3nccc(C(F)(F)F)n3)CC2)no1. The molecule has 3 rings (SSSR count). The third-order valence-electron chi connectivity index (χ3n) is 3.65. The third kappa shape index (κ3) is 3.79. The summed E-state index contributed by atoms with van der Waals surface area (Å²) in [5, 5.41) is 3.95. The van der Waals surface area contributed by atoms with Crippen LogP contribution in [0.3, 0.4) is 0 Å². The highest BCUT2D eigenvalue weighted by molar-refractivity contribution is 5.31. The second kappa shape index (κ2) is 6.15. The lowest BCUT2D eigenvalue weighted by Crippen LogP contribution is -2.46. The van der Waals surface area contributed by atoms with Crippen LogP contribution in [0.2, 0.25) is 0 Å². The Bertz CT molecular complexity index is 664. The molecular weight excluding hydrogens is 311 g/mol. The third-order valence-corrected chi connectivity index (χ3v) is 3.65. The number of alkyl halides is 3. The van der Waals surface area contributed by atoms with E-state index in [0.29, 0.717) is 32.7 Å². The summed E-state index contributed by atoms with van der Waals surface area (Å²) in [5.74, 6) is 0.882. The number of anilines is 1. The average molecular weight is 327 g/mol. The Kier molecular flexibility index (Phi) is 4.20. The summed E-state index contributed by atoms with van der Waals surface area (Å²) in [6.07, 6.45) is -3.31. The zero-order valence-electron chi connectivity index (χ0n) is 12.5. The van der Waals surface area contributed by atoms with Crippen LogP contribution in [-0.2, 0) is 12.7 Å². The number of hydrogen-bond donors (Lipinski definition) is 0. The van der Waals surface area contributed by atoms with Crippen molar-refractivity contribution >= 4 is 5.95 Å². The fourth-order valence-electron chi connectivity index (χ4n) is 2.49. The minimum Gasteiger partial charge on any atom is -0.361 e. The summed E-state index contributed by atoms with van der Waals surface area (Å²) >= 11 is 0. The van der Waals surface area contributed by atoms with Crippen molar-refractivity contribution in [2.24, 2.45) is 0 Å². The molecule has 0 atom stereocenters. The first-order valence-corrected chi connectivity index (χ1v) is 7.21. The zero-order chi connectivity index (χ0) is 16.4. The summed E-state index contributed by atoms with van der Waals surface area (Å²) in [6.45, 7) is 5.03. The van der Waals surface area contributed by atoms with E-state index in [9.17, 15) is 13.2 Å². The molecule has 124 valence electrons. The Morgan fingerprint density at radius 2 is 1.96 bits per heavy atom. The molecule has 0 saturated carbocycles. The molecule has 1 aliphatic heterocycles. The molecule has 1 aliphatic rings. The molecular formula is C14H16F3N5O. The van der Waals surface area contributed by atoms with Crippen LogP contribution in [0.5, 0.6) is 0 Å². The number of rotatable bonds is 3. The van der Waals surface area contributed by atoms with Crippen molar-refractivity contribution in [3.63, 3.8) is 0 Å². The van der Waals surface area contributed by atoms with Gasteiger partial charge in [-0.05, 0) is 13.0 Å². The molecule has 0 bridgehead atoms. The fraction of sp³-hybridized carbons (Fsp3) is 0.500. The lowest BCUT2D eigenvalue weighted by molar-refractivity contribution is -0.141. The van der Waals surface area contributed by atoms with E-state index in [2.05, 4.69) is 20.0 Å². The minimum absolute atomic E-state index is 0.122. The first kappa shape index (κ1) is 15.7. The van der Waals surface area contributed by atoms with E-state index in [1.807, 2.05) is 13.0 Å². The smallest absolute Gasteiger partial charge is 0.361 e. The normalized spacial score (nSPS) is 16.8.